The summed E-state index contributed by atoms with van der Waals surface area (Å²) in [6, 6.07) is 12.6. The van der Waals surface area contributed by atoms with Crippen molar-refractivity contribution in [2.45, 2.75) is 32.4 Å². The number of benzene rings is 2. The van der Waals surface area contributed by atoms with Crippen molar-refractivity contribution >= 4 is 16.7 Å². The molecular formula is C22H28N2O3. The van der Waals surface area contributed by atoms with Crippen LogP contribution in [0.15, 0.2) is 36.4 Å². The highest BCUT2D eigenvalue weighted by Crippen LogP contribution is 2.25. The van der Waals surface area contributed by atoms with Crippen LogP contribution in [0.1, 0.15) is 30.6 Å². The van der Waals surface area contributed by atoms with Gasteiger partial charge < -0.3 is 14.4 Å². The van der Waals surface area contributed by atoms with E-state index in [4.69, 9.17) is 9.47 Å². The number of amides is 1. The van der Waals surface area contributed by atoms with Gasteiger partial charge in [0.15, 0.2) is 0 Å². The molecule has 0 spiro atoms. The fourth-order valence-electron chi connectivity index (χ4n) is 3.89. The number of carbonyl (C=O) groups is 1. The highest BCUT2D eigenvalue weighted by molar-refractivity contribution is 5.98. The normalized spacial score (nSPS) is 21.1. The molecule has 2 heterocycles. The predicted octanol–water partition coefficient (Wildman–Crippen LogP) is 3.17. The molecule has 0 aliphatic carbocycles. The van der Waals surface area contributed by atoms with Gasteiger partial charge in [-0.05, 0) is 55.3 Å². The van der Waals surface area contributed by atoms with Crippen molar-refractivity contribution in [3.05, 3.63) is 42.0 Å². The summed E-state index contributed by atoms with van der Waals surface area (Å²) in [5, 5.41) is 2.17. The Kier molecular flexibility index (Phi) is 5.32. The van der Waals surface area contributed by atoms with Crippen molar-refractivity contribution in [3.8, 4) is 5.75 Å². The molecule has 1 unspecified atom stereocenters. The monoisotopic (exact) mass is 368 g/mol. The van der Waals surface area contributed by atoms with E-state index >= 15 is 0 Å². The molecule has 5 heteroatoms. The number of fused-ring (bicyclic) bond motifs is 1. The minimum atomic E-state index is 0.0836. The summed E-state index contributed by atoms with van der Waals surface area (Å²) < 4.78 is 11.5. The van der Waals surface area contributed by atoms with E-state index in [0.29, 0.717) is 32.3 Å². The molecule has 2 aromatic rings. The van der Waals surface area contributed by atoms with Gasteiger partial charge >= 0.3 is 0 Å². The Morgan fingerprint density at radius 3 is 2.56 bits per heavy atom. The van der Waals surface area contributed by atoms with Crippen LogP contribution in [-0.4, -0.2) is 67.2 Å². The molecule has 2 aliphatic heterocycles. The first-order chi connectivity index (χ1) is 13.1. The maximum atomic E-state index is 12.7. The van der Waals surface area contributed by atoms with E-state index in [1.54, 1.807) is 0 Å². The Morgan fingerprint density at radius 1 is 1.07 bits per heavy atom. The van der Waals surface area contributed by atoms with Gasteiger partial charge in [-0.1, -0.05) is 12.1 Å². The molecule has 5 nitrogen and oxygen atoms in total. The Hall–Kier alpha value is -2.11. The molecule has 1 atom stereocenters. The van der Waals surface area contributed by atoms with Crippen LogP contribution in [0.3, 0.4) is 0 Å². The number of hydrogen-bond donors (Lipinski definition) is 0. The Balaban J connectivity index is 1.46. The molecule has 0 saturated carbocycles. The van der Waals surface area contributed by atoms with Gasteiger partial charge in [0.05, 0.1) is 13.2 Å². The molecule has 2 fully saturated rings. The minimum absolute atomic E-state index is 0.0836. The second kappa shape index (κ2) is 7.87. The molecule has 0 bridgehead atoms. The van der Waals surface area contributed by atoms with Crippen LogP contribution in [0, 0.1) is 0 Å². The van der Waals surface area contributed by atoms with Crippen LogP contribution in [-0.2, 0) is 4.74 Å². The summed E-state index contributed by atoms with van der Waals surface area (Å²) in [6.45, 7) is 9.12. The minimum Gasteiger partial charge on any atom is -0.489 e. The van der Waals surface area contributed by atoms with E-state index in [1.807, 2.05) is 29.2 Å². The second-order valence-corrected chi connectivity index (χ2v) is 7.75. The summed E-state index contributed by atoms with van der Waals surface area (Å²) in [5.41, 5.74) is 0.737. The Labute approximate surface area is 160 Å². The third-order valence-electron chi connectivity index (χ3n) is 5.57. The van der Waals surface area contributed by atoms with Gasteiger partial charge in [-0.3, -0.25) is 9.69 Å². The zero-order chi connectivity index (χ0) is 18.8. The summed E-state index contributed by atoms with van der Waals surface area (Å²) in [5.74, 6) is 0.991. The third-order valence-corrected chi connectivity index (χ3v) is 5.57. The van der Waals surface area contributed by atoms with Crippen LogP contribution < -0.4 is 4.74 Å². The molecule has 2 aromatic carbocycles. The molecule has 1 amide bonds. The quantitative estimate of drug-likeness (QED) is 0.831. The summed E-state index contributed by atoms with van der Waals surface area (Å²) in [7, 11) is 0. The zero-order valence-corrected chi connectivity index (χ0v) is 16.2. The number of nitrogens with zero attached hydrogens (tertiary/aromatic N) is 2. The van der Waals surface area contributed by atoms with Crippen LogP contribution in [0.25, 0.3) is 10.8 Å². The van der Waals surface area contributed by atoms with E-state index in [1.165, 1.54) is 0 Å². The molecule has 4 rings (SSSR count). The van der Waals surface area contributed by atoms with Crippen molar-refractivity contribution in [2.75, 3.05) is 39.4 Å². The number of hydrogen-bond acceptors (Lipinski definition) is 4. The lowest BCUT2D eigenvalue weighted by molar-refractivity contribution is 0.0303. The van der Waals surface area contributed by atoms with E-state index in [2.05, 4.69) is 30.9 Å². The average Bonchev–Trinajstić information content (AvgIpc) is 3.16. The zero-order valence-electron chi connectivity index (χ0n) is 16.2. The lowest BCUT2D eigenvalue weighted by Crippen LogP contribution is -2.40. The van der Waals surface area contributed by atoms with Crippen molar-refractivity contribution in [2.24, 2.45) is 0 Å². The highest BCUT2D eigenvalue weighted by Gasteiger charge is 2.25. The molecule has 2 aliphatic rings. The number of carbonyl (C=O) groups excluding carboxylic acids is 1. The second-order valence-electron chi connectivity index (χ2n) is 7.75. The number of morpholine rings is 1. The molecule has 0 radical (unpaired) electrons. The SMILES string of the molecule is CC(C)N1CCC(Oc2ccc3cc(C(=O)N4CCOCC4)ccc3c2)C1. The lowest BCUT2D eigenvalue weighted by atomic mass is 10.1. The van der Waals surface area contributed by atoms with Gasteiger partial charge in [0.1, 0.15) is 11.9 Å². The van der Waals surface area contributed by atoms with E-state index < -0.39 is 0 Å². The predicted molar refractivity (Wildman–Crippen MR) is 106 cm³/mol. The van der Waals surface area contributed by atoms with Gasteiger partial charge in [-0.2, -0.15) is 0 Å². The van der Waals surface area contributed by atoms with E-state index in [9.17, 15) is 4.79 Å². The fraction of sp³-hybridized carbons (Fsp3) is 0.500. The van der Waals surface area contributed by atoms with Gasteiger partial charge in [-0.15, -0.1) is 0 Å². The summed E-state index contributed by atoms with van der Waals surface area (Å²) >= 11 is 0. The summed E-state index contributed by atoms with van der Waals surface area (Å²) in [4.78, 5) is 17.0. The van der Waals surface area contributed by atoms with Gasteiger partial charge in [0.25, 0.3) is 5.91 Å². The van der Waals surface area contributed by atoms with Crippen molar-refractivity contribution in [3.63, 3.8) is 0 Å². The van der Waals surface area contributed by atoms with Gasteiger partial charge in [0.2, 0.25) is 0 Å². The maximum Gasteiger partial charge on any atom is 0.254 e. The molecule has 144 valence electrons. The van der Waals surface area contributed by atoms with Crippen LogP contribution in [0.5, 0.6) is 5.75 Å². The first-order valence-electron chi connectivity index (χ1n) is 9.92. The Bertz CT molecular complexity index is 814. The molecule has 0 N–H and O–H groups in total. The maximum absolute atomic E-state index is 12.7. The standard InChI is InChI=1S/C22H28N2O3/c1-16(2)24-8-7-21(15-24)27-20-6-5-17-13-19(4-3-18(17)14-20)22(25)23-9-11-26-12-10-23/h3-6,13-14,16,21H,7-12,15H2,1-2H3. The third kappa shape index (κ3) is 4.09. The van der Waals surface area contributed by atoms with Gasteiger partial charge in [-0.25, -0.2) is 0 Å². The van der Waals surface area contributed by atoms with Crippen LogP contribution in [0.4, 0.5) is 0 Å². The van der Waals surface area contributed by atoms with Crippen LogP contribution in [0.2, 0.25) is 0 Å². The lowest BCUT2D eigenvalue weighted by Gasteiger charge is -2.27. The van der Waals surface area contributed by atoms with Crippen molar-refractivity contribution in [1.82, 2.24) is 9.80 Å². The number of ether oxygens (including phenoxy) is 2. The largest absolute Gasteiger partial charge is 0.489 e. The molecular weight excluding hydrogens is 340 g/mol. The van der Waals surface area contributed by atoms with E-state index in [-0.39, 0.29) is 12.0 Å². The number of rotatable bonds is 4. The average molecular weight is 368 g/mol. The molecule has 2 saturated heterocycles. The number of likely N-dealkylation sites (tertiary alicyclic amines) is 1. The summed E-state index contributed by atoms with van der Waals surface area (Å²) in [6.07, 6.45) is 1.33. The highest BCUT2D eigenvalue weighted by atomic mass is 16.5. The first kappa shape index (κ1) is 18.3. The Morgan fingerprint density at radius 2 is 1.81 bits per heavy atom. The topological polar surface area (TPSA) is 42.0 Å². The fourth-order valence-corrected chi connectivity index (χ4v) is 3.89. The van der Waals surface area contributed by atoms with Crippen molar-refractivity contribution in [1.29, 1.82) is 0 Å². The van der Waals surface area contributed by atoms with Crippen LogP contribution >= 0.6 is 0 Å². The van der Waals surface area contributed by atoms with E-state index in [0.717, 1.165) is 41.6 Å². The first-order valence-corrected chi connectivity index (χ1v) is 9.92. The molecule has 27 heavy (non-hydrogen) atoms. The molecule has 0 aromatic heterocycles. The smallest absolute Gasteiger partial charge is 0.254 e. The van der Waals surface area contributed by atoms with Gasteiger partial charge in [0, 0.05) is 37.8 Å². The van der Waals surface area contributed by atoms with Crippen molar-refractivity contribution < 1.29 is 14.3 Å².